The van der Waals surface area contributed by atoms with Gasteiger partial charge in [-0.3, -0.25) is 4.79 Å². The van der Waals surface area contributed by atoms with Gasteiger partial charge >= 0.3 is 0 Å². The van der Waals surface area contributed by atoms with E-state index in [1.807, 2.05) is 47.8 Å². The molecule has 0 saturated heterocycles. The molecule has 1 atom stereocenters. The summed E-state index contributed by atoms with van der Waals surface area (Å²) in [4.78, 5) is 14.2. The van der Waals surface area contributed by atoms with Gasteiger partial charge in [0.15, 0.2) is 11.5 Å². The van der Waals surface area contributed by atoms with E-state index >= 15 is 0 Å². The summed E-state index contributed by atoms with van der Waals surface area (Å²) in [6, 6.07) is 13.3. The number of rotatable bonds is 8. The molecule has 1 aliphatic heterocycles. The van der Waals surface area contributed by atoms with E-state index < -0.39 is 0 Å². The predicted molar refractivity (Wildman–Crippen MR) is 119 cm³/mol. The van der Waals surface area contributed by atoms with Crippen molar-refractivity contribution in [3.8, 4) is 11.5 Å². The molecule has 0 N–H and O–H groups in total. The van der Waals surface area contributed by atoms with Crippen molar-refractivity contribution in [2.24, 2.45) is 5.10 Å². The zero-order chi connectivity index (χ0) is 20.9. The Kier molecular flexibility index (Phi) is 6.44. The molecule has 2 aromatic heterocycles. The third-order valence-corrected chi connectivity index (χ3v) is 6.67. The van der Waals surface area contributed by atoms with Crippen LogP contribution < -0.4 is 9.47 Å². The van der Waals surface area contributed by atoms with E-state index in [0.29, 0.717) is 29.4 Å². The Labute approximate surface area is 183 Å². The highest BCUT2D eigenvalue weighted by atomic mass is 32.2. The maximum absolute atomic E-state index is 13.1. The lowest BCUT2D eigenvalue weighted by atomic mass is 9.99. The molecular formula is C22H22N2O4S2. The number of carbonyl (C=O) groups excluding carboxylic acids is 1. The number of furan rings is 1. The molecule has 30 heavy (non-hydrogen) atoms. The number of thiophene rings is 1. The minimum absolute atomic E-state index is 0.0482. The molecule has 0 spiro atoms. The van der Waals surface area contributed by atoms with Gasteiger partial charge in [0.05, 0.1) is 48.6 Å². The number of para-hydroxylation sites is 1. The maximum Gasteiger partial charge on any atom is 0.253 e. The van der Waals surface area contributed by atoms with Gasteiger partial charge in [0.25, 0.3) is 5.91 Å². The van der Waals surface area contributed by atoms with Crippen LogP contribution in [0.15, 0.2) is 63.6 Å². The third-order valence-electron chi connectivity index (χ3n) is 4.81. The second-order valence-corrected chi connectivity index (χ2v) is 8.57. The van der Waals surface area contributed by atoms with Crippen molar-refractivity contribution in [2.45, 2.75) is 18.2 Å². The first kappa shape index (κ1) is 20.6. The van der Waals surface area contributed by atoms with Crippen LogP contribution in [-0.4, -0.2) is 36.6 Å². The lowest BCUT2D eigenvalue weighted by Crippen LogP contribution is -2.29. The topological polar surface area (TPSA) is 64.3 Å². The van der Waals surface area contributed by atoms with E-state index in [9.17, 15) is 4.79 Å². The quantitative estimate of drug-likeness (QED) is 0.493. The second kappa shape index (κ2) is 9.40. The summed E-state index contributed by atoms with van der Waals surface area (Å²) in [7, 11) is 3.22. The number of thioether (sulfide) groups is 1. The van der Waals surface area contributed by atoms with Crippen LogP contribution in [0.2, 0.25) is 0 Å². The van der Waals surface area contributed by atoms with Crippen LogP contribution in [0, 0.1) is 0 Å². The average Bonchev–Trinajstić information content (AvgIpc) is 3.54. The Morgan fingerprint density at radius 1 is 1.23 bits per heavy atom. The number of methoxy groups -OCH3 is 2. The molecule has 0 radical (unpaired) electrons. The molecule has 1 aliphatic rings. The fourth-order valence-electron chi connectivity index (χ4n) is 3.45. The molecule has 3 aromatic rings. The summed E-state index contributed by atoms with van der Waals surface area (Å²) in [5, 5.41) is 8.33. The molecule has 0 bridgehead atoms. The van der Waals surface area contributed by atoms with Crippen molar-refractivity contribution in [3.63, 3.8) is 0 Å². The number of nitrogens with zero attached hydrogens (tertiary/aromatic N) is 2. The third kappa shape index (κ3) is 4.24. The Bertz CT molecular complexity index is 1020. The van der Waals surface area contributed by atoms with Gasteiger partial charge in [0.2, 0.25) is 0 Å². The largest absolute Gasteiger partial charge is 0.493 e. The Balaban J connectivity index is 1.59. The molecule has 0 saturated carbocycles. The van der Waals surface area contributed by atoms with Gasteiger partial charge in [-0.25, -0.2) is 5.01 Å². The highest BCUT2D eigenvalue weighted by Crippen LogP contribution is 2.42. The summed E-state index contributed by atoms with van der Waals surface area (Å²) in [5.41, 5.74) is 1.79. The minimum Gasteiger partial charge on any atom is -0.493 e. The smallest absolute Gasteiger partial charge is 0.253 e. The van der Waals surface area contributed by atoms with Gasteiger partial charge in [0.1, 0.15) is 5.76 Å². The van der Waals surface area contributed by atoms with Crippen LogP contribution in [0.1, 0.15) is 28.7 Å². The van der Waals surface area contributed by atoms with Gasteiger partial charge < -0.3 is 13.9 Å². The fourth-order valence-corrected chi connectivity index (χ4v) is 4.94. The second-order valence-electron chi connectivity index (χ2n) is 6.64. The highest BCUT2D eigenvalue weighted by molar-refractivity contribution is 7.99. The first-order chi connectivity index (χ1) is 14.7. The van der Waals surface area contributed by atoms with E-state index in [-0.39, 0.29) is 11.9 Å². The molecule has 1 amide bonds. The highest BCUT2D eigenvalue weighted by Gasteiger charge is 2.35. The molecular weight excluding hydrogens is 420 g/mol. The van der Waals surface area contributed by atoms with E-state index in [2.05, 4.69) is 0 Å². The molecule has 8 heteroatoms. The summed E-state index contributed by atoms with van der Waals surface area (Å²) in [5.74, 6) is 3.02. The number of carbonyl (C=O) groups is 1. The standard InChI is InChI=1S/C22H22N2O4S2/c1-26-19-8-3-7-16(22(19)27-2)18-12-17(20-9-5-11-30-20)23-24(18)21(25)14-29-13-15-6-4-10-28-15/h3-11,18H,12-14H2,1-2H3/t18-/m0/s1. The Morgan fingerprint density at radius 3 is 2.83 bits per heavy atom. The van der Waals surface area contributed by atoms with Gasteiger partial charge in [0, 0.05) is 12.0 Å². The van der Waals surface area contributed by atoms with Gasteiger partial charge in [-0.1, -0.05) is 18.2 Å². The molecule has 3 heterocycles. The summed E-state index contributed by atoms with van der Waals surface area (Å²) < 4.78 is 16.4. The van der Waals surface area contributed by atoms with E-state index in [0.717, 1.165) is 21.9 Å². The van der Waals surface area contributed by atoms with Crippen LogP contribution in [0.4, 0.5) is 0 Å². The zero-order valence-electron chi connectivity index (χ0n) is 16.7. The van der Waals surface area contributed by atoms with E-state index in [1.165, 1.54) is 11.8 Å². The van der Waals surface area contributed by atoms with Gasteiger partial charge in [-0.05, 0) is 29.6 Å². The summed E-state index contributed by atoms with van der Waals surface area (Å²) in [6.45, 7) is 0. The molecule has 0 aliphatic carbocycles. The number of benzene rings is 1. The lowest BCUT2D eigenvalue weighted by Gasteiger charge is -2.24. The van der Waals surface area contributed by atoms with Crippen LogP contribution in [0.5, 0.6) is 11.5 Å². The molecule has 1 aromatic carbocycles. The van der Waals surface area contributed by atoms with Crippen molar-refractivity contribution < 1.29 is 18.7 Å². The molecule has 0 fully saturated rings. The van der Waals surface area contributed by atoms with Crippen molar-refractivity contribution in [1.29, 1.82) is 0 Å². The van der Waals surface area contributed by atoms with E-state index in [1.54, 1.807) is 36.8 Å². The first-order valence-electron chi connectivity index (χ1n) is 9.45. The maximum atomic E-state index is 13.1. The fraction of sp³-hybridized carbons (Fsp3) is 0.273. The lowest BCUT2D eigenvalue weighted by molar-refractivity contribution is -0.130. The van der Waals surface area contributed by atoms with Crippen molar-refractivity contribution in [3.05, 3.63) is 70.3 Å². The predicted octanol–water partition coefficient (Wildman–Crippen LogP) is 4.97. The zero-order valence-corrected chi connectivity index (χ0v) is 18.4. The molecule has 4 rings (SSSR count). The minimum atomic E-state index is -0.246. The van der Waals surface area contributed by atoms with Crippen molar-refractivity contribution in [1.82, 2.24) is 5.01 Å². The van der Waals surface area contributed by atoms with Gasteiger partial charge in [-0.15, -0.1) is 23.1 Å². The Hall–Kier alpha value is -2.71. The SMILES string of the molecule is COc1cccc([C@@H]2CC(c3cccs3)=NN2C(=O)CSCc2ccco2)c1OC. The average molecular weight is 443 g/mol. The van der Waals surface area contributed by atoms with Crippen molar-refractivity contribution in [2.75, 3.05) is 20.0 Å². The van der Waals surface area contributed by atoms with Gasteiger partial charge in [-0.2, -0.15) is 5.10 Å². The van der Waals surface area contributed by atoms with Crippen LogP contribution in [-0.2, 0) is 10.5 Å². The first-order valence-corrected chi connectivity index (χ1v) is 11.5. The normalized spacial score (nSPS) is 15.9. The monoisotopic (exact) mass is 442 g/mol. The van der Waals surface area contributed by atoms with Crippen LogP contribution in [0.3, 0.4) is 0 Å². The molecule has 0 unspecified atom stereocenters. The van der Waals surface area contributed by atoms with E-state index in [4.69, 9.17) is 19.0 Å². The summed E-state index contributed by atoms with van der Waals surface area (Å²) >= 11 is 3.13. The number of hydrogen-bond donors (Lipinski definition) is 0. The summed E-state index contributed by atoms with van der Waals surface area (Å²) in [6.07, 6.45) is 2.26. The van der Waals surface area contributed by atoms with Crippen LogP contribution in [0.25, 0.3) is 0 Å². The number of ether oxygens (including phenoxy) is 2. The molecule has 156 valence electrons. The number of hydrogen-bond acceptors (Lipinski definition) is 7. The number of hydrazone groups is 1. The molecule has 6 nitrogen and oxygen atoms in total. The van der Waals surface area contributed by atoms with Crippen molar-refractivity contribution >= 4 is 34.7 Å². The van der Waals surface area contributed by atoms with Crippen LogP contribution >= 0.6 is 23.1 Å². The Morgan fingerprint density at radius 2 is 2.13 bits per heavy atom. The number of amides is 1.